The second-order valence-corrected chi connectivity index (χ2v) is 4.56. The monoisotopic (exact) mass is 254 g/mol. The second-order valence-electron chi connectivity index (χ2n) is 4.56. The van der Waals surface area contributed by atoms with E-state index in [4.69, 9.17) is 4.74 Å². The minimum atomic E-state index is -0.527. The molecule has 1 atom stereocenters. The highest BCUT2D eigenvalue weighted by molar-refractivity contribution is 6.07. The molecule has 3 heterocycles. The zero-order chi connectivity index (χ0) is 13.0. The number of fused-ring (bicyclic) bond motifs is 5. The molecular weight excluding hydrogens is 244 g/mol. The van der Waals surface area contributed by atoms with Crippen LogP contribution in [0.25, 0.3) is 0 Å². The van der Waals surface area contributed by atoms with Crippen LogP contribution in [-0.4, -0.2) is 23.0 Å². The van der Waals surface area contributed by atoms with E-state index >= 15 is 0 Å². The van der Waals surface area contributed by atoms with Gasteiger partial charge in [0, 0.05) is 17.3 Å². The molecule has 0 spiro atoms. The van der Waals surface area contributed by atoms with E-state index in [9.17, 15) is 9.59 Å². The van der Waals surface area contributed by atoms with Crippen LogP contribution in [0, 0.1) is 0 Å². The number of Topliss-reactive ketones (excluding diaryl/α,β-unsaturated/α-hetero) is 1. The van der Waals surface area contributed by atoms with Crippen LogP contribution < -0.4 is 5.01 Å². The van der Waals surface area contributed by atoms with Gasteiger partial charge in [0.05, 0.1) is 0 Å². The third kappa shape index (κ3) is 1.27. The molecule has 0 bridgehead atoms. The summed E-state index contributed by atoms with van der Waals surface area (Å²) in [6.07, 6.45) is 1.18. The van der Waals surface area contributed by atoms with E-state index in [1.165, 1.54) is 5.01 Å². The molecule has 94 valence electrons. The molecule has 1 aromatic heterocycles. The van der Waals surface area contributed by atoms with Crippen LogP contribution in [-0.2, 0) is 4.74 Å². The highest BCUT2D eigenvalue weighted by atomic mass is 16.5. The first kappa shape index (κ1) is 10.5. The van der Waals surface area contributed by atoms with Crippen LogP contribution in [0.2, 0.25) is 0 Å². The van der Waals surface area contributed by atoms with Crippen molar-refractivity contribution < 1.29 is 14.3 Å². The fraction of sp³-hybridized carbons (Fsp3) is 0.143. The highest BCUT2D eigenvalue weighted by Crippen LogP contribution is 2.35. The smallest absolute Gasteiger partial charge is 0.275 e. The summed E-state index contributed by atoms with van der Waals surface area (Å²) in [5.74, 6) is -0.266. The summed E-state index contributed by atoms with van der Waals surface area (Å²) in [7, 11) is 0. The first-order valence-electron chi connectivity index (χ1n) is 6.02. The molecule has 1 aromatic carbocycles. The zero-order valence-electron chi connectivity index (χ0n) is 9.95. The van der Waals surface area contributed by atoms with Crippen molar-refractivity contribution in [2.24, 2.45) is 0 Å². The van der Waals surface area contributed by atoms with E-state index in [1.54, 1.807) is 29.1 Å². The predicted molar refractivity (Wildman–Crippen MR) is 66.4 cm³/mol. The first-order valence-corrected chi connectivity index (χ1v) is 6.02. The summed E-state index contributed by atoms with van der Waals surface area (Å²) < 4.78 is 7.20. The van der Waals surface area contributed by atoms with Crippen molar-refractivity contribution in [2.75, 3.05) is 11.6 Å². The fourth-order valence-corrected chi connectivity index (χ4v) is 2.65. The standard InChI is InChI=1S/C14H10N2O3/c17-12-8-19-14-10-5-2-1-4-9(10)13(18)16(14)15-7-3-6-11(12)15/h1-7,14H,8H2. The molecule has 5 heteroatoms. The quantitative estimate of drug-likeness (QED) is 0.715. The summed E-state index contributed by atoms with van der Waals surface area (Å²) in [5.41, 5.74) is 1.91. The lowest BCUT2D eigenvalue weighted by molar-refractivity contribution is 0.0426. The average molecular weight is 254 g/mol. The van der Waals surface area contributed by atoms with Crippen molar-refractivity contribution in [3.05, 3.63) is 59.4 Å². The summed E-state index contributed by atoms with van der Waals surface area (Å²) in [6, 6.07) is 10.8. The molecule has 0 fully saturated rings. The number of hydrogen-bond donors (Lipinski definition) is 0. The van der Waals surface area contributed by atoms with E-state index in [2.05, 4.69) is 0 Å². The Morgan fingerprint density at radius 3 is 2.84 bits per heavy atom. The van der Waals surface area contributed by atoms with Gasteiger partial charge >= 0.3 is 0 Å². The number of carbonyl (C=O) groups excluding carboxylic acids is 2. The van der Waals surface area contributed by atoms with Gasteiger partial charge in [-0.15, -0.1) is 0 Å². The van der Waals surface area contributed by atoms with E-state index in [0.29, 0.717) is 11.3 Å². The SMILES string of the molecule is O=C1COC2c3ccccc3C(=O)N2n2cccc21. The zero-order valence-corrected chi connectivity index (χ0v) is 9.95. The first-order chi connectivity index (χ1) is 9.27. The number of aromatic nitrogens is 1. The largest absolute Gasteiger partial charge is 0.344 e. The van der Waals surface area contributed by atoms with Gasteiger partial charge in [-0.05, 0) is 18.2 Å². The van der Waals surface area contributed by atoms with Crippen molar-refractivity contribution in [3.63, 3.8) is 0 Å². The van der Waals surface area contributed by atoms with Gasteiger partial charge in [-0.3, -0.25) is 14.3 Å². The molecule has 5 nitrogen and oxygen atoms in total. The van der Waals surface area contributed by atoms with Gasteiger partial charge in [-0.25, -0.2) is 5.01 Å². The third-order valence-electron chi connectivity index (χ3n) is 3.51. The molecule has 0 saturated heterocycles. The Morgan fingerprint density at radius 1 is 1.11 bits per heavy atom. The lowest BCUT2D eigenvalue weighted by Crippen LogP contribution is -2.38. The molecule has 2 aliphatic rings. The second kappa shape index (κ2) is 3.55. The Morgan fingerprint density at radius 2 is 1.95 bits per heavy atom. The Bertz CT molecular complexity index is 704. The predicted octanol–water partition coefficient (Wildman–Crippen LogP) is 1.49. The number of amides is 1. The van der Waals surface area contributed by atoms with Crippen LogP contribution in [0.1, 0.15) is 32.6 Å². The maximum absolute atomic E-state index is 12.5. The van der Waals surface area contributed by atoms with Crippen LogP contribution in [0.5, 0.6) is 0 Å². The Labute approximate surface area is 109 Å². The van der Waals surface area contributed by atoms with Gasteiger partial charge in [-0.2, -0.15) is 0 Å². The van der Waals surface area contributed by atoms with Crippen LogP contribution in [0.15, 0.2) is 42.6 Å². The number of rotatable bonds is 0. The lowest BCUT2D eigenvalue weighted by Gasteiger charge is -2.24. The van der Waals surface area contributed by atoms with Crippen molar-refractivity contribution in [1.29, 1.82) is 0 Å². The molecule has 2 aromatic rings. The highest BCUT2D eigenvalue weighted by Gasteiger charge is 2.41. The Balaban J connectivity index is 1.94. The summed E-state index contributed by atoms with van der Waals surface area (Å²) in [6.45, 7) is -0.0210. The van der Waals surface area contributed by atoms with Crippen LogP contribution in [0.3, 0.4) is 0 Å². The van der Waals surface area contributed by atoms with E-state index in [-0.39, 0.29) is 18.3 Å². The van der Waals surface area contributed by atoms with E-state index in [1.807, 2.05) is 18.2 Å². The van der Waals surface area contributed by atoms with Crippen molar-refractivity contribution >= 4 is 11.7 Å². The molecule has 4 rings (SSSR count). The third-order valence-corrected chi connectivity index (χ3v) is 3.51. The number of carbonyl (C=O) groups is 2. The average Bonchev–Trinajstić information content (AvgIpc) is 2.97. The van der Waals surface area contributed by atoms with E-state index < -0.39 is 6.23 Å². The van der Waals surface area contributed by atoms with Gasteiger partial charge in [0.2, 0.25) is 5.78 Å². The molecular formula is C14H10N2O3. The number of ketones is 1. The minimum Gasteiger partial charge on any atom is -0.344 e. The summed E-state index contributed by atoms with van der Waals surface area (Å²) in [4.78, 5) is 24.4. The fourth-order valence-electron chi connectivity index (χ4n) is 2.65. The maximum atomic E-state index is 12.5. The summed E-state index contributed by atoms with van der Waals surface area (Å²) >= 11 is 0. The number of hydrogen-bond acceptors (Lipinski definition) is 3. The molecule has 19 heavy (non-hydrogen) atoms. The number of ether oxygens (including phenoxy) is 1. The Hall–Kier alpha value is -2.40. The number of benzene rings is 1. The normalized spacial score (nSPS) is 20.8. The van der Waals surface area contributed by atoms with Gasteiger partial charge in [0.1, 0.15) is 12.3 Å². The molecule has 0 aliphatic carbocycles. The molecule has 0 radical (unpaired) electrons. The number of nitrogens with zero attached hydrogens (tertiary/aromatic N) is 2. The molecule has 0 N–H and O–H groups in total. The summed E-state index contributed by atoms with van der Waals surface area (Å²) in [5, 5.41) is 1.49. The topological polar surface area (TPSA) is 51.5 Å². The van der Waals surface area contributed by atoms with Crippen LogP contribution >= 0.6 is 0 Å². The molecule has 2 aliphatic heterocycles. The molecule has 0 saturated carbocycles. The molecule has 1 amide bonds. The Kier molecular flexibility index (Phi) is 1.97. The maximum Gasteiger partial charge on any atom is 0.275 e. The van der Waals surface area contributed by atoms with Crippen molar-refractivity contribution in [2.45, 2.75) is 6.23 Å². The van der Waals surface area contributed by atoms with Gasteiger partial charge in [0.15, 0.2) is 6.23 Å². The van der Waals surface area contributed by atoms with Crippen LogP contribution in [0.4, 0.5) is 0 Å². The van der Waals surface area contributed by atoms with E-state index in [0.717, 1.165) is 5.56 Å². The van der Waals surface area contributed by atoms with Crippen molar-refractivity contribution in [1.82, 2.24) is 4.68 Å². The van der Waals surface area contributed by atoms with Crippen molar-refractivity contribution in [3.8, 4) is 0 Å². The van der Waals surface area contributed by atoms with Gasteiger partial charge in [-0.1, -0.05) is 18.2 Å². The molecule has 1 unspecified atom stereocenters. The lowest BCUT2D eigenvalue weighted by atomic mass is 10.1. The van der Waals surface area contributed by atoms with Gasteiger partial charge in [0.25, 0.3) is 5.91 Å². The minimum absolute atomic E-state index is 0.0210. The van der Waals surface area contributed by atoms with Gasteiger partial charge < -0.3 is 4.74 Å².